The van der Waals surface area contributed by atoms with E-state index in [0.717, 1.165) is 21.0 Å². The quantitative estimate of drug-likeness (QED) is 0.653. The zero-order valence-electron chi connectivity index (χ0n) is 13.5. The Morgan fingerprint density at radius 1 is 1.04 bits per heavy atom. The Bertz CT molecular complexity index is 989. The first kappa shape index (κ1) is 16.5. The maximum Gasteiger partial charge on any atom is 0.279 e. The summed E-state index contributed by atoms with van der Waals surface area (Å²) < 4.78 is 27.7. The first-order chi connectivity index (χ1) is 12.1. The van der Waals surface area contributed by atoms with Gasteiger partial charge >= 0.3 is 0 Å². The molecular formula is C18H16N2O2S3. The molecular weight excluding hydrogens is 372 g/mol. The Balaban J connectivity index is 1.78. The van der Waals surface area contributed by atoms with Crippen LogP contribution in [0, 0.1) is 6.92 Å². The summed E-state index contributed by atoms with van der Waals surface area (Å²) in [6.07, 6.45) is 0.589. The molecule has 7 heteroatoms. The summed E-state index contributed by atoms with van der Waals surface area (Å²) in [5.41, 5.74) is 1.85. The molecule has 0 saturated heterocycles. The summed E-state index contributed by atoms with van der Waals surface area (Å²) in [6, 6.07) is 14.5. The number of rotatable bonds is 4. The minimum Gasteiger partial charge on any atom is -0.200 e. The Morgan fingerprint density at radius 2 is 1.76 bits per heavy atom. The lowest BCUT2D eigenvalue weighted by Gasteiger charge is -2.22. The fourth-order valence-corrected chi connectivity index (χ4v) is 5.84. The Labute approximate surface area is 155 Å². The highest BCUT2D eigenvalue weighted by atomic mass is 32.2. The molecule has 1 aliphatic rings. The van der Waals surface area contributed by atoms with Crippen molar-refractivity contribution in [3.63, 3.8) is 0 Å². The van der Waals surface area contributed by atoms with Crippen molar-refractivity contribution in [3.8, 4) is 0 Å². The first-order valence-electron chi connectivity index (χ1n) is 7.81. The van der Waals surface area contributed by atoms with E-state index >= 15 is 0 Å². The number of benzene rings is 1. The second-order valence-corrected chi connectivity index (χ2v) is 9.57. The molecule has 2 aromatic heterocycles. The minimum atomic E-state index is -3.70. The van der Waals surface area contributed by atoms with Gasteiger partial charge in [-0.15, -0.1) is 22.7 Å². The van der Waals surface area contributed by atoms with Gasteiger partial charge in [-0.1, -0.05) is 29.8 Å². The lowest BCUT2D eigenvalue weighted by atomic mass is 10.1. The lowest BCUT2D eigenvalue weighted by molar-refractivity contribution is 0.375. The Hall–Kier alpha value is -1.96. The lowest BCUT2D eigenvalue weighted by Crippen LogP contribution is -2.26. The monoisotopic (exact) mass is 388 g/mol. The average Bonchev–Trinajstić information content (AvgIpc) is 3.34. The average molecular weight is 389 g/mol. The molecule has 3 heterocycles. The fraction of sp³-hybridized carbons (Fsp3) is 0.167. The van der Waals surface area contributed by atoms with E-state index in [-0.39, 0.29) is 10.9 Å². The maximum atomic E-state index is 13.2. The van der Waals surface area contributed by atoms with Crippen LogP contribution in [0.2, 0.25) is 0 Å². The van der Waals surface area contributed by atoms with Crippen LogP contribution in [0.25, 0.3) is 0 Å². The van der Waals surface area contributed by atoms with Gasteiger partial charge in [0.1, 0.15) is 6.04 Å². The second-order valence-electron chi connectivity index (χ2n) is 5.85. The molecule has 0 saturated carbocycles. The van der Waals surface area contributed by atoms with E-state index in [4.69, 9.17) is 0 Å². The standard InChI is InChI=1S/C18H16N2O2S3/c1-13-6-8-14(9-7-13)25(21,22)20-16(18-5-3-11-24-18)12-15(19-20)17-4-2-10-23-17/h2-11,16H,12H2,1H3. The zero-order valence-corrected chi connectivity index (χ0v) is 15.9. The highest BCUT2D eigenvalue weighted by Gasteiger charge is 2.38. The van der Waals surface area contributed by atoms with Gasteiger partial charge in [0.25, 0.3) is 10.0 Å². The van der Waals surface area contributed by atoms with Crippen LogP contribution in [-0.2, 0) is 10.0 Å². The summed E-state index contributed by atoms with van der Waals surface area (Å²) in [7, 11) is -3.70. The Kier molecular flexibility index (Phi) is 4.23. The van der Waals surface area contributed by atoms with Crippen molar-refractivity contribution in [2.24, 2.45) is 5.10 Å². The molecule has 0 amide bonds. The third kappa shape index (κ3) is 3.03. The molecule has 1 aromatic carbocycles. The van der Waals surface area contributed by atoms with Gasteiger partial charge in [0.2, 0.25) is 0 Å². The number of hydrogen-bond acceptors (Lipinski definition) is 5. The van der Waals surface area contributed by atoms with E-state index in [2.05, 4.69) is 5.10 Å². The first-order valence-corrected chi connectivity index (χ1v) is 11.0. The number of nitrogens with zero attached hydrogens (tertiary/aromatic N) is 2. The van der Waals surface area contributed by atoms with Crippen LogP contribution < -0.4 is 0 Å². The normalized spacial score (nSPS) is 17.7. The van der Waals surface area contributed by atoms with Crippen LogP contribution >= 0.6 is 22.7 Å². The van der Waals surface area contributed by atoms with E-state index in [1.165, 1.54) is 4.41 Å². The van der Waals surface area contributed by atoms with Gasteiger partial charge in [0.05, 0.1) is 15.5 Å². The van der Waals surface area contributed by atoms with E-state index in [9.17, 15) is 8.42 Å². The fourth-order valence-electron chi connectivity index (χ4n) is 2.81. The predicted octanol–water partition coefficient (Wildman–Crippen LogP) is 4.66. The molecule has 1 aliphatic heterocycles. The van der Waals surface area contributed by atoms with Gasteiger partial charge in [0.15, 0.2) is 0 Å². The molecule has 3 aromatic rings. The van der Waals surface area contributed by atoms with E-state index in [0.29, 0.717) is 6.42 Å². The molecule has 4 rings (SSSR count). The van der Waals surface area contributed by atoms with Gasteiger partial charge < -0.3 is 0 Å². The van der Waals surface area contributed by atoms with Gasteiger partial charge in [-0.05, 0) is 41.9 Å². The summed E-state index contributed by atoms with van der Waals surface area (Å²) in [6.45, 7) is 1.94. The van der Waals surface area contributed by atoms with Gasteiger partial charge in [0, 0.05) is 11.3 Å². The molecule has 128 valence electrons. The molecule has 0 radical (unpaired) electrons. The molecule has 0 N–H and O–H groups in total. The molecule has 1 unspecified atom stereocenters. The van der Waals surface area contributed by atoms with Gasteiger partial charge in [-0.25, -0.2) is 0 Å². The van der Waals surface area contributed by atoms with Crippen molar-refractivity contribution < 1.29 is 8.42 Å². The molecule has 0 bridgehead atoms. The third-order valence-corrected chi connectivity index (χ3v) is 7.70. The highest BCUT2D eigenvalue weighted by molar-refractivity contribution is 7.89. The number of sulfonamides is 1. The molecule has 1 atom stereocenters. The van der Waals surface area contributed by atoms with Crippen molar-refractivity contribution in [1.29, 1.82) is 0 Å². The molecule has 0 aliphatic carbocycles. The summed E-state index contributed by atoms with van der Waals surface area (Å²) in [4.78, 5) is 2.30. The van der Waals surface area contributed by atoms with Gasteiger partial charge in [-0.2, -0.15) is 17.9 Å². The summed E-state index contributed by atoms with van der Waals surface area (Å²) >= 11 is 3.14. The van der Waals surface area contributed by atoms with E-state index in [1.54, 1.807) is 34.8 Å². The van der Waals surface area contributed by atoms with Crippen molar-refractivity contribution in [1.82, 2.24) is 4.41 Å². The second kappa shape index (κ2) is 6.40. The van der Waals surface area contributed by atoms with Crippen LogP contribution in [-0.4, -0.2) is 18.5 Å². The van der Waals surface area contributed by atoms with Crippen LogP contribution in [0.4, 0.5) is 0 Å². The molecule has 25 heavy (non-hydrogen) atoms. The summed E-state index contributed by atoms with van der Waals surface area (Å²) in [5.74, 6) is 0. The SMILES string of the molecule is Cc1ccc(S(=O)(=O)N2N=C(c3cccs3)CC2c2cccs2)cc1. The number of aryl methyl sites for hydroxylation is 1. The van der Waals surface area contributed by atoms with Crippen molar-refractivity contribution in [3.05, 3.63) is 74.6 Å². The van der Waals surface area contributed by atoms with Crippen LogP contribution in [0.5, 0.6) is 0 Å². The van der Waals surface area contributed by atoms with Crippen molar-refractivity contribution >= 4 is 38.4 Å². The third-order valence-electron chi connectivity index (χ3n) is 4.11. The zero-order chi connectivity index (χ0) is 17.4. The van der Waals surface area contributed by atoms with Crippen LogP contribution in [0.1, 0.15) is 27.8 Å². The molecule has 0 spiro atoms. The highest BCUT2D eigenvalue weighted by Crippen LogP contribution is 2.39. The van der Waals surface area contributed by atoms with Crippen molar-refractivity contribution in [2.45, 2.75) is 24.3 Å². The number of hydrogen-bond donors (Lipinski definition) is 0. The molecule has 0 fully saturated rings. The minimum absolute atomic E-state index is 0.274. The van der Waals surface area contributed by atoms with Crippen LogP contribution in [0.3, 0.4) is 0 Å². The Morgan fingerprint density at radius 3 is 2.40 bits per heavy atom. The molecule has 4 nitrogen and oxygen atoms in total. The van der Waals surface area contributed by atoms with Crippen molar-refractivity contribution in [2.75, 3.05) is 0 Å². The maximum absolute atomic E-state index is 13.2. The predicted molar refractivity (Wildman–Crippen MR) is 103 cm³/mol. The van der Waals surface area contributed by atoms with Crippen LogP contribution in [0.15, 0.2) is 69.3 Å². The topological polar surface area (TPSA) is 49.7 Å². The van der Waals surface area contributed by atoms with E-state index in [1.807, 2.05) is 54.1 Å². The smallest absolute Gasteiger partial charge is 0.200 e. The van der Waals surface area contributed by atoms with E-state index < -0.39 is 10.0 Å². The number of hydrazone groups is 1. The largest absolute Gasteiger partial charge is 0.279 e. The summed E-state index contributed by atoms with van der Waals surface area (Å²) in [5, 5.41) is 8.47. The van der Waals surface area contributed by atoms with Gasteiger partial charge in [-0.3, -0.25) is 0 Å². The number of thiophene rings is 2.